The molecular formula is C21H37N3O3. The number of rotatable bonds is 3. The third kappa shape index (κ3) is 5.59. The standard InChI is InChI=1S/C21H37N3O3/c1-21(2,3)27-20(26)22-17-11-7-8-12-18(17)24-14-13-23(15-19(24)25)16-9-5-4-6-10-16/h16-18H,4-15H2,1-3H3,(H,22,26)/t17-,18-/m0/s1. The summed E-state index contributed by atoms with van der Waals surface area (Å²) in [7, 11) is 0. The molecule has 6 nitrogen and oxygen atoms in total. The first-order chi connectivity index (χ1) is 12.8. The van der Waals surface area contributed by atoms with Gasteiger partial charge >= 0.3 is 6.09 Å². The minimum absolute atomic E-state index is 0.00113. The van der Waals surface area contributed by atoms with Crippen LogP contribution >= 0.6 is 0 Å². The fraction of sp³-hybridized carbons (Fsp3) is 0.905. The number of hydrogen-bond donors (Lipinski definition) is 1. The lowest BCUT2D eigenvalue weighted by atomic mass is 9.88. The molecule has 0 aromatic rings. The van der Waals surface area contributed by atoms with E-state index in [1.165, 1.54) is 32.1 Å². The van der Waals surface area contributed by atoms with Crippen molar-refractivity contribution in [2.75, 3.05) is 19.6 Å². The van der Waals surface area contributed by atoms with Crippen LogP contribution in [0.25, 0.3) is 0 Å². The van der Waals surface area contributed by atoms with E-state index in [9.17, 15) is 9.59 Å². The van der Waals surface area contributed by atoms with Gasteiger partial charge in [0.2, 0.25) is 5.91 Å². The third-order valence-corrected chi connectivity index (χ3v) is 6.21. The van der Waals surface area contributed by atoms with E-state index >= 15 is 0 Å². The van der Waals surface area contributed by atoms with Gasteiger partial charge in [0.25, 0.3) is 0 Å². The van der Waals surface area contributed by atoms with E-state index in [0.717, 1.165) is 38.8 Å². The Labute approximate surface area is 164 Å². The van der Waals surface area contributed by atoms with Crippen molar-refractivity contribution in [1.82, 2.24) is 15.1 Å². The maximum atomic E-state index is 12.9. The molecule has 6 heteroatoms. The Morgan fingerprint density at radius 2 is 1.67 bits per heavy atom. The number of carbonyl (C=O) groups is 2. The minimum Gasteiger partial charge on any atom is -0.444 e. The third-order valence-electron chi connectivity index (χ3n) is 6.21. The second-order valence-electron chi connectivity index (χ2n) is 9.45. The summed E-state index contributed by atoms with van der Waals surface area (Å²) < 4.78 is 5.44. The van der Waals surface area contributed by atoms with Crippen molar-refractivity contribution < 1.29 is 14.3 Å². The molecule has 2 amide bonds. The fourth-order valence-corrected chi connectivity index (χ4v) is 4.92. The van der Waals surface area contributed by atoms with E-state index in [1.54, 1.807) is 0 Å². The highest BCUT2D eigenvalue weighted by atomic mass is 16.6. The van der Waals surface area contributed by atoms with Crippen LogP contribution in [0.3, 0.4) is 0 Å². The first kappa shape index (κ1) is 20.4. The van der Waals surface area contributed by atoms with Gasteiger partial charge < -0.3 is 15.0 Å². The Kier molecular flexibility index (Phi) is 6.66. The van der Waals surface area contributed by atoms with Gasteiger partial charge in [-0.25, -0.2) is 4.79 Å². The summed E-state index contributed by atoms with van der Waals surface area (Å²) >= 11 is 0. The van der Waals surface area contributed by atoms with Crippen molar-refractivity contribution >= 4 is 12.0 Å². The lowest BCUT2D eigenvalue weighted by Gasteiger charge is -2.46. The number of amides is 2. The van der Waals surface area contributed by atoms with E-state index in [-0.39, 0.29) is 24.1 Å². The number of nitrogens with one attached hydrogen (secondary N) is 1. The zero-order chi connectivity index (χ0) is 19.4. The van der Waals surface area contributed by atoms with Crippen molar-refractivity contribution in [3.05, 3.63) is 0 Å². The maximum Gasteiger partial charge on any atom is 0.407 e. The van der Waals surface area contributed by atoms with Crippen LogP contribution < -0.4 is 5.32 Å². The van der Waals surface area contributed by atoms with Crippen molar-refractivity contribution in [1.29, 1.82) is 0 Å². The molecule has 0 aromatic heterocycles. The molecule has 2 aliphatic carbocycles. The van der Waals surface area contributed by atoms with Gasteiger partial charge in [-0.1, -0.05) is 32.1 Å². The predicted molar refractivity (Wildman–Crippen MR) is 106 cm³/mol. The van der Waals surface area contributed by atoms with Gasteiger partial charge in [0.05, 0.1) is 18.6 Å². The van der Waals surface area contributed by atoms with E-state index in [0.29, 0.717) is 12.6 Å². The number of ether oxygens (including phenoxy) is 1. The highest BCUT2D eigenvalue weighted by molar-refractivity contribution is 5.79. The maximum absolute atomic E-state index is 12.9. The Hall–Kier alpha value is -1.30. The number of hydrogen-bond acceptors (Lipinski definition) is 4. The lowest BCUT2D eigenvalue weighted by molar-refractivity contribution is -0.141. The van der Waals surface area contributed by atoms with Crippen LogP contribution in [0.4, 0.5) is 4.79 Å². The summed E-state index contributed by atoms with van der Waals surface area (Å²) in [6, 6.07) is 0.693. The fourth-order valence-electron chi connectivity index (χ4n) is 4.92. The molecule has 3 rings (SSSR count). The largest absolute Gasteiger partial charge is 0.444 e. The van der Waals surface area contributed by atoms with E-state index < -0.39 is 5.60 Å². The van der Waals surface area contributed by atoms with Crippen molar-refractivity contribution in [3.8, 4) is 0 Å². The molecule has 154 valence electrons. The molecule has 0 bridgehead atoms. The lowest BCUT2D eigenvalue weighted by Crippen LogP contribution is -2.62. The van der Waals surface area contributed by atoms with Gasteiger partial charge in [0.15, 0.2) is 0 Å². The second-order valence-corrected chi connectivity index (χ2v) is 9.45. The summed E-state index contributed by atoms with van der Waals surface area (Å²) in [4.78, 5) is 29.6. The van der Waals surface area contributed by atoms with Crippen molar-refractivity contribution in [2.45, 2.75) is 102 Å². The zero-order valence-electron chi connectivity index (χ0n) is 17.3. The van der Waals surface area contributed by atoms with Crippen molar-refractivity contribution in [2.24, 2.45) is 0 Å². The zero-order valence-corrected chi connectivity index (χ0v) is 17.3. The van der Waals surface area contributed by atoms with Crippen LogP contribution in [-0.4, -0.2) is 65.2 Å². The number of carbonyl (C=O) groups excluding carboxylic acids is 2. The van der Waals surface area contributed by atoms with E-state index in [2.05, 4.69) is 10.2 Å². The van der Waals surface area contributed by atoms with Crippen LogP contribution in [0.2, 0.25) is 0 Å². The van der Waals surface area contributed by atoms with Crippen LogP contribution in [0.5, 0.6) is 0 Å². The smallest absolute Gasteiger partial charge is 0.407 e. The van der Waals surface area contributed by atoms with Gasteiger partial charge in [0, 0.05) is 19.1 Å². The molecule has 2 saturated carbocycles. The van der Waals surface area contributed by atoms with Gasteiger partial charge in [0.1, 0.15) is 5.60 Å². The number of nitrogens with zero attached hydrogens (tertiary/aromatic N) is 2. The molecule has 1 N–H and O–H groups in total. The SMILES string of the molecule is CC(C)(C)OC(=O)N[C@H]1CCCC[C@@H]1N1CCN(C2CCCCC2)CC1=O. The van der Waals surface area contributed by atoms with Gasteiger partial charge in [-0.15, -0.1) is 0 Å². The van der Waals surface area contributed by atoms with Crippen LogP contribution in [-0.2, 0) is 9.53 Å². The van der Waals surface area contributed by atoms with Crippen LogP contribution in [0.1, 0.15) is 78.6 Å². The van der Waals surface area contributed by atoms with Gasteiger partial charge in [-0.05, 0) is 46.5 Å². The summed E-state index contributed by atoms with van der Waals surface area (Å²) in [6.07, 6.45) is 10.1. The summed E-state index contributed by atoms with van der Waals surface area (Å²) in [5, 5.41) is 3.05. The Morgan fingerprint density at radius 1 is 1.00 bits per heavy atom. The average Bonchev–Trinajstić information content (AvgIpc) is 2.61. The molecule has 27 heavy (non-hydrogen) atoms. The van der Waals surface area contributed by atoms with Crippen molar-refractivity contribution in [3.63, 3.8) is 0 Å². The van der Waals surface area contributed by atoms with Gasteiger partial charge in [-0.3, -0.25) is 9.69 Å². The van der Waals surface area contributed by atoms with Crippen LogP contribution in [0, 0.1) is 0 Å². The monoisotopic (exact) mass is 379 g/mol. The molecule has 1 heterocycles. The summed E-state index contributed by atoms with van der Waals surface area (Å²) in [6.45, 7) is 7.91. The molecule has 0 radical (unpaired) electrons. The minimum atomic E-state index is -0.504. The molecular weight excluding hydrogens is 342 g/mol. The number of piperazine rings is 1. The Bertz CT molecular complexity index is 525. The quantitative estimate of drug-likeness (QED) is 0.817. The highest BCUT2D eigenvalue weighted by Gasteiger charge is 2.38. The van der Waals surface area contributed by atoms with E-state index in [1.807, 2.05) is 25.7 Å². The summed E-state index contributed by atoms with van der Waals surface area (Å²) in [5.41, 5.74) is -0.504. The molecule has 1 aliphatic heterocycles. The van der Waals surface area contributed by atoms with E-state index in [4.69, 9.17) is 4.74 Å². The highest BCUT2D eigenvalue weighted by Crippen LogP contribution is 2.28. The molecule has 1 saturated heterocycles. The Morgan fingerprint density at radius 3 is 2.33 bits per heavy atom. The molecule has 0 spiro atoms. The first-order valence-corrected chi connectivity index (χ1v) is 10.9. The first-order valence-electron chi connectivity index (χ1n) is 10.9. The molecule has 2 atom stereocenters. The summed E-state index contributed by atoms with van der Waals surface area (Å²) in [5.74, 6) is 0.231. The van der Waals surface area contributed by atoms with Gasteiger partial charge in [-0.2, -0.15) is 0 Å². The normalized spacial score (nSPS) is 28.9. The number of alkyl carbamates (subject to hydrolysis) is 1. The molecule has 3 aliphatic rings. The Balaban J connectivity index is 1.58. The molecule has 3 fully saturated rings. The second kappa shape index (κ2) is 8.80. The van der Waals surface area contributed by atoms with Crippen LogP contribution in [0.15, 0.2) is 0 Å². The molecule has 0 aromatic carbocycles. The average molecular weight is 380 g/mol. The molecule has 0 unspecified atom stereocenters. The topological polar surface area (TPSA) is 61.9 Å². The predicted octanol–water partition coefficient (Wildman–Crippen LogP) is 3.30.